The second-order valence-corrected chi connectivity index (χ2v) is 5.87. The Balaban J connectivity index is 0.00000161. The topological polar surface area (TPSA) is 61.4 Å². The fourth-order valence-corrected chi connectivity index (χ4v) is 3.17. The Morgan fingerprint density at radius 1 is 1.33 bits per heavy atom. The molecular formula is C16H23ClN2O2. The molecule has 5 heteroatoms. The van der Waals surface area contributed by atoms with Gasteiger partial charge in [0.15, 0.2) is 0 Å². The van der Waals surface area contributed by atoms with Gasteiger partial charge in [-0.3, -0.25) is 4.79 Å². The van der Waals surface area contributed by atoms with Crippen LogP contribution in [0.2, 0.25) is 0 Å². The first-order valence-electron chi connectivity index (χ1n) is 7.53. The zero-order valence-electron chi connectivity index (χ0n) is 12.1. The molecule has 1 saturated heterocycles. The Bertz CT molecular complexity index is 507. The molecule has 116 valence electrons. The van der Waals surface area contributed by atoms with Crippen molar-refractivity contribution in [1.29, 1.82) is 0 Å². The van der Waals surface area contributed by atoms with Crippen molar-refractivity contribution in [2.75, 3.05) is 19.6 Å². The molecule has 1 heterocycles. The van der Waals surface area contributed by atoms with Crippen molar-refractivity contribution in [3.05, 3.63) is 34.9 Å². The third-order valence-electron chi connectivity index (χ3n) is 4.48. The van der Waals surface area contributed by atoms with E-state index in [-0.39, 0.29) is 30.3 Å². The fourth-order valence-electron chi connectivity index (χ4n) is 3.17. The number of benzene rings is 1. The van der Waals surface area contributed by atoms with E-state index in [4.69, 9.17) is 0 Å². The van der Waals surface area contributed by atoms with E-state index < -0.39 is 0 Å². The number of nitrogens with one attached hydrogen (secondary N) is 2. The number of carbonyl (C=O) groups is 1. The van der Waals surface area contributed by atoms with Gasteiger partial charge in [0.2, 0.25) is 0 Å². The molecule has 2 aliphatic rings. The van der Waals surface area contributed by atoms with Crippen LogP contribution in [0.25, 0.3) is 0 Å². The number of fused-ring (bicyclic) bond motifs is 1. The second-order valence-electron chi connectivity index (χ2n) is 5.87. The Hall–Kier alpha value is -1.10. The summed E-state index contributed by atoms with van der Waals surface area (Å²) in [7, 11) is 0. The first-order valence-corrected chi connectivity index (χ1v) is 7.53. The number of amides is 1. The largest absolute Gasteiger partial charge is 0.391 e. The number of hydrogen-bond acceptors (Lipinski definition) is 3. The zero-order chi connectivity index (χ0) is 13.9. The second kappa shape index (κ2) is 7.25. The van der Waals surface area contributed by atoms with Crippen LogP contribution in [-0.4, -0.2) is 36.8 Å². The van der Waals surface area contributed by atoms with E-state index in [0.717, 1.165) is 31.4 Å². The van der Waals surface area contributed by atoms with Crippen LogP contribution in [0, 0.1) is 5.92 Å². The van der Waals surface area contributed by atoms with Crippen LogP contribution in [0.15, 0.2) is 18.2 Å². The molecule has 0 aromatic heterocycles. The third kappa shape index (κ3) is 3.76. The molecule has 0 bridgehead atoms. The minimum atomic E-state index is -0.357. The highest BCUT2D eigenvalue weighted by Gasteiger charge is 2.23. The minimum Gasteiger partial charge on any atom is -0.391 e. The van der Waals surface area contributed by atoms with Crippen LogP contribution in [0.1, 0.15) is 34.3 Å². The van der Waals surface area contributed by atoms with Crippen molar-refractivity contribution in [3.8, 4) is 0 Å². The highest BCUT2D eigenvalue weighted by molar-refractivity contribution is 5.94. The SMILES string of the molecule is Cl.O=C(NC[C@@H]1CCNC[C@H]1O)c1ccc2c(c1)CCC2. The molecule has 4 nitrogen and oxygen atoms in total. The van der Waals surface area contributed by atoms with E-state index in [1.807, 2.05) is 12.1 Å². The van der Waals surface area contributed by atoms with Crippen molar-refractivity contribution >= 4 is 18.3 Å². The number of aliphatic hydroxyl groups is 1. The fraction of sp³-hybridized carbons (Fsp3) is 0.562. The lowest BCUT2D eigenvalue weighted by atomic mass is 9.95. The standard InChI is InChI=1S/C16H22N2O2.ClH/c19-15-10-17-7-6-14(15)9-18-16(20)13-5-4-11-2-1-3-12(11)8-13;/h4-5,8,14-15,17,19H,1-3,6-7,9-10H2,(H,18,20);1H/t14-,15+;/m0./s1. The van der Waals surface area contributed by atoms with Gasteiger partial charge in [0.25, 0.3) is 5.91 Å². The highest BCUT2D eigenvalue weighted by atomic mass is 35.5. The normalized spacial score (nSPS) is 24.0. The van der Waals surface area contributed by atoms with Gasteiger partial charge in [0, 0.05) is 24.6 Å². The maximum absolute atomic E-state index is 12.2. The summed E-state index contributed by atoms with van der Waals surface area (Å²) >= 11 is 0. The van der Waals surface area contributed by atoms with Crippen molar-refractivity contribution < 1.29 is 9.90 Å². The molecule has 3 rings (SSSR count). The number of rotatable bonds is 3. The maximum atomic E-state index is 12.2. The molecule has 0 spiro atoms. The summed E-state index contributed by atoms with van der Waals surface area (Å²) in [6.07, 6.45) is 3.97. The van der Waals surface area contributed by atoms with E-state index in [2.05, 4.69) is 16.7 Å². The Labute approximate surface area is 131 Å². The van der Waals surface area contributed by atoms with Crippen molar-refractivity contribution in [2.45, 2.75) is 31.8 Å². The highest BCUT2D eigenvalue weighted by Crippen LogP contribution is 2.22. The van der Waals surface area contributed by atoms with Crippen molar-refractivity contribution in [1.82, 2.24) is 10.6 Å². The Kier molecular flexibility index (Phi) is 5.62. The number of aryl methyl sites for hydroxylation is 2. The van der Waals surface area contributed by atoms with Crippen LogP contribution in [0.4, 0.5) is 0 Å². The van der Waals surface area contributed by atoms with E-state index in [0.29, 0.717) is 13.1 Å². The molecule has 2 atom stereocenters. The molecule has 21 heavy (non-hydrogen) atoms. The van der Waals surface area contributed by atoms with Crippen LogP contribution >= 0.6 is 12.4 Å². The van der Waals surface area contributed by atoms with Gasteiger partial charge in [-0.05, 0) is 55.5 Å². The van der Waals surface area contributed by atoms with Gasteiger partial charge in [-0.1, -0.05) is 6.07 Å². The molecule has 0 unspecified atom stereocenters. The average Bonchev–Trinajstić information content (AvgIpc) is 2.93. The van der Waals surface area contributed by atoms with Crippen LogP contribution in [-0.2, 0) is 12.8 Å². The van der Waals surface area contributed by atoms with E-state index in [1.165, 1.54) is 17.5 Å². The molecule has 1 fully saturated rings. The van der Waals surface area contributed by atoms with E-state index in [9.17, 15) is 9.90 Å². The lowest BCUT2D eigenvalue weighted by Crippen LogP contribution is -2.45. The van der Waals surface area contributed by atoms with Crippen molar-refractivity contribution in [3.63, 3.8) is 0 Å². The van der Waals surface area contributed by atoms with Gasteiger partial charge in [-0.25, -0.2) is 0 Å². The molecule has 0 radical (unpaired) electrons. The van der Waals surface area contributed by atoms with Crippen LogP contribution in [0.5, 0.6) is 0 Å². The summed E-state index contributed by atoms with van der Waals surface area (Å²) in [5.74, 6) is 0.139. The third-order valence-corrected chi connectivity index (χ3v) is 4.48. The smallest absolute Gasteiger partial charge is 0.251 e. The molecule has 1 aliphatic heterocycles. The summed E-state index contributed by atoms with van der Waals surface area (Å²) in [5, 5.41) is 16.0. The molecule has 1 amide bonds. The number of piperidine rings is 1. The molecule has 1 aliphatic carbocycles. The van der Waals surface area contributed by atoms with Gasteiger partial charge in [0.05, 0.1) is 6.10 Å². The summed E-state index contributed by atoms with van der Waals surface area (Å²) in [5.41, 5.74) is 3.45. The van der Waals surface area contributed by atoms with Crippen LogP contribution < -0.4 is 10.6 Å². The van der Waals surface area contributed by atoms with Gasteiger partial charge < -0.3 is 15.7 Å². The number of aliphatic hydroxyl groups excluding tert-OH is 1. The van der Waals surface area contributed by atoms with Gasteiger partial charge in [-0.15, -0.1) is 12.4 Å². The molecular weight excluding hydrogens is 288 g/mol. The van der Waals surface area contributed by atoms with Gasteiger partial charge in [0.1, 0.15) is 0 Å². The van der Waals surface area contributed by atoms with E-state index in [1.54, 1.807) is 0 Å². The summed E-state index contributed by atoms with van der Waals surface area (Å²) < 4.78 is 0. The first-order chi connectivity index (χ1) is 9.74. The van der Waals surface area contributed by atoms with E-state index >= 15 is 0 Å². The zero-order valence-corrected chi connectivity index (χ0v) is 12.9. The minimum absolute atomic E-state index is 0. The predicted octanol–water partition coefficient (Wildman–Crippen LogP) is 1.30. The summed E-state index contributed by atoms with van der Waals surface area (Å²) in [6.45, 7) is 2.09. The lowest BCUT2D eigenvalue weighted by molar-refractivity contribution is 0.0753. The number of β-amino-alcohol motifs (C(OH)–C–C–N with tert-alkyl or cyclic N) is 1. The summed E-state index contributed by atoms with van der Waals surface area (Å²) in [6, 6.07) is 6.02. The number of hydrogen-bond donors (Lipinski definition) is 3. The molecule has 0 saturated carbocycles. The Morgan fingerprint density at radius 2 is 2.14 bits per heavy atom. The summed E-state index contributed by atoms with van der Waals surface area (Å²) in [4.78, 5) is 12.2. The van der Waals surface area contributed by atoms with Gasteiger partial charge >= 0.3 is 0 Å². The quantitative estimate of drug-likeness (QED) is 0.788. The molecule has 1 aromatic carbocycles. The average molecular weight is 311 g/mol. The number of carbonyl (C=O) groups excluding carboxylic acids is 1. The van der Waals surface area contributed by atoms with Gasteiger partial charge in [-0.2, -0.15) is 0 Å². The molecule has 3 N–H and O–H groups in total. The Morgan fingerprint density at radius 3 is 2.95 bits per heavy atom. The number of halogens is 1. The first kappa shape index (κ1) is 16.3. The maximum Gasteiger partial charge on any atom is 0.251 e. The van der Waals surface area contributed by atoms with Crippen molar-refractivity contribution in [2.24, 2.45) is 5.92 Å². The lowest BCUT2D eigenvalue weighted by Gasteiger charge is -2.28. The monoisotopic (exact) mass is 310 g/mol. The predicted molar refractivity (Wildman–Crippen MR) is 85.0 cm³/mol. The van der Waals surface area contributed by atoms with Crippen LogP contribution in [0.3, 0.4) is 0 Å². The molecule has 1 aromatic rings.